The molecule has 1 fully saturated rings. The second kappa shape index (κ2) is 4.73. The van der Waals surface area contributed by atoms with E-state index in [4.69, 9.17) is 4.74 Å². The molecule has 4 heteroatoms. The molecule has 0 aliphatic carbocycles. The van der Waals surface area contributed by atoms with Gasteiger partial charge < -0.3 is 15.2 Å². The van der Waals surface area contributed by atoms with Gasteiger partial charge in [0.1, 0.15) is 0 Å². The van der Waals surface area contributed by atoms with Crippen LogP contribution in [0.5, 0.6) is 0 Å². The number of anilines is 1. The van der Waals surface area contributed by atoms with Crippen molar-refractivity contribution in [2.24, 2.45) is 0 Å². The Balaban J connectivity index is 2.22. The maximum Gasteiger partial charge on any atom is 0.0885 e. The second-order valence-electron chi connectivity index (χ2n) is 4.18. The van der Waals surface area contributed by atoms with Gasteiger partial charge in [0.25, 0.3) is 0 Å². The van der Waals surface area contributed by atoms with E-state index in [1.54, 1.807) is 0 Å². The van der Waals surface area contributed by atoms with E-state index in [0.717, 1.165) is 16.6 Å². The molecule has 1 aliphatic heterocycles. The zero-order valence-corrected chi connectivity index (χ0v) is 10.8. The van der Waals surface area contributed by atoms with Crippen LogP contribution in [-0.2, 0) is 4.74 Å². The minimum Gasteiger partial charge on any atom is -0.394 e. The summed E-state index contributed by atoms with van der Waals surface area (Å²) in [4.78, 5) is 0. The third-order valence-corrected chi connectivity index (χ3v) is 3.93. The predicted molar refractivity (Wildman–Crippen MR) is 67.6 cm³/mol. The number of halogens is 1. The lowest BCUT2D eigenvalue weighted by Crippen LogP contribution is -2.48. The molecule has 0 radical (unpaired) electrons. The average molecular weight is 286 g/mol. The minimum atomic E-state index is -0.357. The van der Waals surface area contributed by atoms with Crippen molar-refractivity contribution < 1.29 is 9.84 Å². The molecule has 2 rings (SSSR count). The zero-order chi connectivity index (χ0) is 11.6. The van der Waals surface area contributed by atoms with Crippen LogP contribution in [0.15, 0.2) is 28.7 Å². The molecule has 2 N–H and O–H groups in total. The average Bonchev–Trinajstić information content (AvgIpc) is 2.64. The molecular formula is C12H16BrNO2. The minimum absolute atomic E-state index is 0.0182. The van der Waals surface area contributed by atoms with Crippen molar-refractivity contribution in [1.29, 1.82) is 0 Å². The van der Waals surface area contributed by atoms with E-state index in [2.05, 4.69) is 21.2 Å². The maximum absolute atomic E-state index is 9.58. The van der Waals surface area contributed by atoms with Gasteiger partial charge in [-0.15, -0.1) is 0 Å². The molecular weight excluding hydrogens is 270 g/mol. The van der Waals surface area contributed by atoms with Crippen molar-refractivity contribution in [2.45, 2.75) is 25.0 Å². The monoisotopic (exact) mass is 285 g/mol. The topological polar surface area (TPSA) is 41.5 Å². The number of aliphatic hydroxyl groups is 1. The molecule has 1 heterocycles. The van der Waals surface area contributed by atoms with Gasteiger partial charge in [-0.3, -0.25) is 0 Å². The van der Waals surface area contributed by atoms with Crippen molar-refractivity contribution in [3.8, 4) is 0 Å². The number of para-hydroxylation sites is 1. The lowest BCUT2D eigenvalue weighted by molar-refractivity contribution is 0.0792. The van der Waals surface area contributed by atoms with E-state index in [9.17, 15) is 5.11 Å². The molecule has 0 bridgehead atoms. The Morgan fingerprint density at radius 1 is 1.56 bits per heavy atom. The Hall–Kier alpha value is -0.580. The van der Waals surface area contributed by atoms with E-state index in [1.165, 1.54) is 0 Å². The quantitative estimate of drug-likeness (QED) is 0.896. The van der Waals surface area contributed by atoms with Gasteiger partial charge >= 0.3 is 0 Å². The van der Waals surface area contributed by atoms with Crippen LogP contribution >= 0.6 is 15.9 Å². The third-order valence-electron chi connectivity index (χ3n) is 3.23. The van der Waals surface area contributed by atoms with Gasteiger partial charge in [-0.2, -0.15) is 0 Å². The first-order chi connectivity index (χ1) is 7.68. The number of nitrogens with one attached hydrogen (secondary N) is 1. The molecule has 0 aromatic heterocycles. The van der Waals surface area contributed by atoms with Crippen LogP contribution in [0.25, 0.3) is 0 Å². The highest BCUT2D eigenvalue weighted by Crippen LogP contribution is 2.32. The fourth-order valence-electron chi connectivity index (χ4n) is 2.02. The Labute approximate surface area is 104 Å². The number of hydrogen-bond acceptors (Lipinski definition) is 3. The molecule has 1 saturated heterocycles. The first kappa shape index (κ1) is 11.9. The Bertz CT molecular complexity index is 372. The lowest BCUT2D eigenvalue weighted by atomic mass is 9.92. The highest BCUT2D eigenvalue weighted by molar-refractivity contribution is 9.10. The van der Waals surface area contributed by atoms with Crippen LogP contribution in [0, 0.1) is 0 Å². The van der Waals surface area contributed by atoms with Crippen molar-refractivity contribution >= 4 is 21.6 Å². The van der Waals surface area contributed by atoms with Gasteiger partial charge in [-0.25, -0.2) is 0 Å². The van der Waals surface area contributed by atoms with Crippen molar-refractivity contribution in [1.82, 2.24) is 0 Å². The molecule has 2 atom stereocenters. The highest BCUT2D eigenvalue weighted by Gasteiger charge is 2.41. The molecule has 0 spiro atoms. The number of hydrogen-bond donors (Lipinski definition) is 2. The first-order valence-electron chi connectivity index (χ1n) is 5.43. The van der Waals surface area contributed by atoms with E-state index < -0.39 is 0 Å². The summed E-state index contributed by atoms with van der Waals surface area (Å²) in [5, 5.41) is 13.0. The van der Waals surface area contributed by atoms with E-state index in [0.29, 0.717) is 6.61 Å². The molecule has 3 nitrogen and oxygen atoms in total. The summed E-state index contributed by atoms with van der Waals surface area (Å²) in [5.41, 5.74) is 0.637. The molecule has 2 unspecified atom stereocenters. The van der Waals surface area contributed by atoms with Gasteiger partial charge in [0.05, 0.1) is 18.2 Å². The molecule has 0 amide bonds. The van der Waals surface area contributed by atoms with Crippen LogP contribution in [-0.4, -0.2) is 30.0 Å². The number of aliphatic hydroxyl groups excluding tert-OH is 1. The number of rotatable bonds is 3. The molecule has 0 saturated carbocycles. The highest BCUT2D eigenvalue weighted by atomic mass is 79.9. The largest absolute Gasteiger partial charge is 0.394 e. The maximum atomic E-state index is 9.58. The fourth-order valence-corrected chi connectivity index (χ4v) is 2.41. The van der Waals surface area contributed by atoms with Crippen molar-refractivity contribution in [3.05, 3.63) is 28.7 Å². The SMILES string of the molecule is CC1OCCC1(CO)Nc1ccccc1Br. The van der Waals surface area contributed by atoms with Gasteiger partial charge in [0, 0.05) is 16.8 Å². The van der Waals surface area contributed by atoms with E-state index in [-0.39, 0.29) is 18.2 Å². The number of benzene rings is 1. The third kappa shape index (κ3) is 2.10. The standard InChI is InChI=1S/C12H16BrNO2/c1-9-12(8-15,6-7-16-9)14-11-5-3-2-4-10(11)13/h2-5,9,14-15H,6-8H2,1H3. The fraction of sp³-hybridized carbons (Fsp3) is 0.500. The van der Waals surface area contributed by atoms with E-state index >= 15 is 0 Å². The van der Waals surface area contributed by atoms with Crippen LogP contribution in [0.4, 0.5) is 5.69 Å². The normalized spacial score (nSPS) is 29.3. The molecule has 1 aromatic carbocycles. The van der Waals surface area contributed by atoms with Gasteiger partial charge in [0.15, 0.2) is 0 Å². The first-order valence-corrected chi connectivity index (χ1v) is 6.22. The second-order valence-corrected chi connectivity index (χ2v) is 5.04. The molecule has 88 valence electrons. The summed E-state index contributed by atoms with van der Waals surface area (Å²) in [6.07, 6.45) is 0.844. The Kier molecular flexibility index (Phi) is 3.52. The van der Waals surface area contributed by atoms with Gasteiger partial charge in [0.2, 0.25) is 0 Å². The predicted octanol–water partition coefficient (Wildman–Crippen LogP) is 2.40. The Morgan fingerprint density at radius 3 is 2.88 bits per heavy atom. The summed E-state index contributed by atoms with van der Waals surface area (Å²) in [6.45, 7) is 2.77. The molecule has 1 aromatic rings. The summed E-state index contributed by atoms with van der Waals surface area (Å²) >= 11 is 3.49. The Morgan fingerprint density at radius 2 is 2.31 bits per heavy atom. The summed E-state index contributed by atoms with van der Waals surface area (Å²) in [5.74, 6) is 0. The summed E-state index contributed by atoms with van der Waals surface area (Å²) in [6, 6.07) is 7.91. The van der Waals surface area contributed by atoms with Crippen LogP contribution in [0.1, 0.15) is 13.3 Å². The smallest absolute Gasteiger partial charge is 0.0885 e. The van der Waals surface area contributed by atoms with Crippen LogP contribution in [0.3, 0.4) is 0 Å². The summed E-state index contributed by atoms with van der Waals surface area (Å²) in [7, 11) is 0. The molecule has 16 heavy (non-hydrogen) atoms. The van der Waals surface area contributed by atoms with E-state index in [1.807, 2.05) is 31.2 Å². The van der Waals surface area contributed by atoms with Crippen molar-refractivity contribution in [2.75, 3.05) is 18.5 Å². The number of ether oxygens (including phenoxy) is 1. The van der Waals surface area contributed by atoms with Crippen LogP contribution < -0.4 is 5.32 Å². The molecule has 1 aliphatic rings. The zero-order valence-electron chi connectivity index (χ0n) is 9.24. The van der Waals surface area contributed by atoms with Crippen molar-refractivity contribution in [3.63, 3.8) is 0 Å². The van der Waals surface area contributed by atoms with Gasteiger partial charge in [-0.1, -0.05) is 12.1 Å². The van der Waals surface area contributed by atoms with Crippen LogP contribution in [0.2, 0.25) is 0 Å². The lowest BCUT2D eigenvalue weighted by Gasteiger charge is -2.32. The van der Waals surface area contributed by atoms with Gasteiger partial charge in [-0.05, 0) is 41.4 Å². The summed E-state index contributed by atoms with van der Waals surface area (Å²) < 4.78 is 6.54.